The Hall–Kier alpha value is -2.18. The van der Waals surface area contributed by atoms with Gasteiger partial charge in [-0.05, 0) is 61.2 Å². The molecule has 1 fully saturated rings. The lowest BCUT2D eigenvalue weighted by Gasteiger charge is -2.30. The highest BCUT2D eigenvalue weighted by Gasteiger charge is 2.18. The van der Waals surface area contributed by atoms with Crippen molar-refractivity contribution < 1.29 is 4.74 Å². The van der Waals surface area contributed by atoms with E-state index in [1.54, 1.807) is 7.11 Å². The van der Waals surface area contributed by atoms with Crippen molar-refractivity contribution in [3.63, 3.8) is 0 Å². The lowest BCUT2D eigenvalue weighted by molar-refractivity contribution is 0.173. The van der Waals surface area contributed by atoms with Gasteiger partial charge in [0.2, 0.25) is 0 Å². The van der Waals surface area contributed by atoms with E-state index in [1.165, 1.54) is 24.2 Å². The van der Waals surface area contributed by atoms with Gasteiger partial charge in [0.05, 0.1) is 19.2 Å². The Bertz CT molecular complexity index is 961. The van der Waals surface area contributed by atoms with E-state index < -0.39 is 0 Å². The number of H-pyrrole nitrogens is 1. The van der Waals surface area contributed by atoms with E-state index in [0.29, 0.717) is 17.2 Å². The lowest BCUT2D eigenvalue weighted by atomic mass is 10.0. The van der Waals surface area contributed by atoms with Gasteiger partial charge in [-0.15, -0.1) is 11.3 Å². The number of piperidine rings is 1. The highest BCUT2D eigenvalue weighted by Crippen LogP contribution is 2.32. The number of rotatable bonds is 4. The molecule has 0 amide bonds. The van der Waals surface area contributed by atoms with Crippen molar-refractivity contribution in [1.29, 1.82) is 0 Å². The zero-order valence-electron chi connectivity index (χ0n) is 15.1. The maximum atomic E-state index is 12.5. The number of benzene rings is 1. The molecule has 0 bridgehead atoms. The molecule has 136 valence electrons. The largest absolute Gasteiger partial charge is 0.497 e. The average molecular weight is 369 g/mol. The Morgan fingerprint density at radius 1 is 1.35 bits per heavy atom. The molecule has 1 saturated heterocycles. The second-order valence-electron chi connectivity index (χ2n) is 7.05. The van der Waals surface area contributed by atoms with Crippen molar-refractivity contribution in [1.82, 2.24) is 14.9 Å². The first-order valence-corrected chi connectivity index (χ1v) is 9.83. The highest BCUT2D eigenvalue weighted by molar-refractivity contribution is 7.22. The summed E-state index contributed by atoms with van der Waals surface area (Å²) in [7, 11) is 1.66. The summed E-state index contributed by atoms with van der Waals surface area (Å²) in [6.45, 7) is 5.14. The second-order valence-corrected chi connectivity index (χ2v) is 8.10. The molecule has 0 spiro atoms. The molecule has 1 unspecified atom stereocenters. The number of nitrogens with one attached hydrogen (secondary N) is 1. The van der Waals surface area contributed by atoms with Crippen molar-refractivity contribution in [2.75, 3.05) is 20.2 Å². The molecular weight excluding hydrogens is 346 g/mol. The summed E-state index contributed by atoms with van der Waals surface area (Å²) >= 11 is 1.48. The Balaban J connectivity index is 1.63. The Labute approximate surface area is 156 Å². The minimum atomic E-state index is -0.0418. The molecule has 0 saturated carbocycles. The number of methoxy groups -OCH3 is 1. The fraction of sp³-hybridized carbons (Fsp3) is 0.400. The zero-order valence-corrected chi connectivity index (χ0v) is 15.9. The summed E-state index contributed by atoms with van der Waals surface area (Å²) in [5.74, 6) is 2.29. The predicted octanol–water partition coefficient (Wildman–Crippen LogP) is 3.89. The highest BCUT2D eigenvalue weighted by atomic mass is 32.1. The van der Waals surface area contributed by atoms with Crippen LogP contribution in [0.3, 0.4) is 0 Å². The van der Waals surface area contributed by atoms with Crippen molar-refractivity contribution in [2.45, 2.75) is 26.3 Å². The normalized spacial score (nSPS) is 18.3. The van der Waals surface area contributed by atoms with Crippen LogP contribution in [0.5, 0.6) is 5.75 Å². The molecule has 26 heavy (non-hydrogen) atoms. The number of hydrogen-bond acceptors (Lipinski definition) is 5. The second kappa shape index (κ2) is 7.21. The van der Waals surface area contributed by atoms with Gasteiger partial charge < -0.3 is 9.72 Å². The monoisotopic (exact) mass is 369 g/mol. The van der Waals surface area contributed by atoms with E-state index in [4.69, 9.17) is 9.72 Å². The molecule has 2 aromatic heterocycles. The number of aromatic nitrogens is 2. The summed E-state index contributed by atoms with van der Waals surface area (Å²) in [4.78, 5) is 23.7. The summed E-state index contributed by atoms with van der Waals surface area (Å²) in [5, 5.41) is 0. The number of hydrogen-bond donors (Lipinski definition) is 1. The standard InChI is InChI=1S/C20H23N3O2S/c1-13-4-3-9-23(11-13)12-18-21-16-10-17(26-19(16)20(24)22-18)14-5-7-15(25-2)8-6-14/h5-8,10,13H,3-4,9,11-12H2,1-2H3,(H,21,22,24). The van der Waals surface area contributed by atoms with Crippen LogP contribution in [-0.2, 0) is 6.54 Å². The lowest BCUT2D eigenvalue weighted by Crippen LogP contribution is -2.34. The SMILES string of the molecule is COc1ccc(-c2cc3nc(CN4CCCC(C)C4)[nH]c(=O)c3s2)cc1. The zero-order chi connectivity index (χ0) is 18.1. The van der Waals surface area contributed by atoms with E-state index in [-0.39, 0.29) is 5.56 Å². The molecule has 1 N–H and O–H groups in total. The molecule has 1 aromatic carbocycles. The van der Waals surface area contributed by atoms with Crippen LogP contribution in [0.1, 0.15) is 25.6 Å². The van der Waals surface area contributed by atoms with Crippen LogP contribution < -0.4 is 10.3 Å². The predicted molar refractivity (Wildman–Crippen MR) is 106 cm³/mol. The van der Waals surface area contributed by atoms with Crippen LogP contribution in [-0.4, -0.2) is 35.1 Å². The topological polar surface area (TPSA) is 58.2 Å². The first-order chi connectivity index (χ1) is 12.6. The van der Waals surface area contributed by atoms with Crippen molar-refractivity contribution >= 4 is 21.6 Å². The third-order valence-electron chi connectivity index (χ3n) is 4.92. The molecular formula is C20H23N3O2S. The van der Waals surface area contributed by atoms with Crippen LogP contribution in [0.25, 0.3) is 20.7 Å². The van der Waals surface area contributed by atoms with Crippen molar-refractivity contribution in [3.05, 3.63) is 46.5 Å². The average Bonchev–Trinajstić information content (AvgIpc) is 3.06. The number of fused-ring (bicyclic) bond motifs is 1. The molecule has 5 nitrogen and oxygen atoms in total. The Morgan fingerprint density at radius 3 is 2.88 bits per heavy atom. The van der Waals surface area contributed by atoms with Crippen LogP contribution >= 0.6 is 11.3 Å². The van der Waals surface area contributed by atoms with Gasteiger partial charge in [0.25, 0.3) is 5.56 Å². The number of ether oxygens (including phenoxy) is 1. The van der Waals surface area contributed by atoms with Gasteiger partial charge in [0, 0.05) is 11.4 Å². The van der Waals surface area contributed by atoms with Gasteiger partial charge in [-0.2, -0.15) is 0 Å². The van der Waals surface area contributed by atoms with Crippen LogP contribution in [0.2, 0.25) is 0 Å². The summed E-state index contributed by atoms with van der Waals surface area (Å²) < 4.78 is 5.90. The molecule has 1 aliphatic rings. The quantitative estimate of drug-likeness (QED) is 0.758. The molecule has 1 atom stereocenters. The number of nitrogens with zero attached hydrogens (tertiary/aromatic N) is 2. The van der Waals surface area contributed by atoms with E-state index in [9.17, 15) is 4.79 Å². The third-order valence-corrected chi connectivity index (χ3v) is 6.09. The minimum absolute atomic E-state index is 0.0418. The van der Waals surface area contributed by atoms with Crippen molar-refractivity contribution in [2.24, 2.45) is 5.92 Å². The van der Waals surface area contributed by atoms with Gasteiger partial charge in [0.15, 0.2) is 0 Å². The maximum absolute atomic E-state index is 12.5. The maximum Gasteiger partial charge on any atom is 0.268 e. The van der Waals surface area contributed by atoms with Gasteiger partial charge in [-0.25, -0.2) is 4.98 Å². The van der Waals surface area contributed by atoms with Crippen LogP contribution in [0.4, 0.5) is 0 Å². The molecule has 6 heteroatoms. The number of likely N-dealkylation sites (tertiary alicyclic amines) is 1. The fourth-order valence-electron chi connectivity index (χ4n) is 3.60. The first-order valence-electron chi connectivity index (χ1n) is 9.02. The van der Waals surface area contributed by atoms with Gasteiger partial charge >= 0.3 is 0 Å². The van der Waals surface area contributed by atoms with E-state index in [1.807, 2.05) is 30.3 Å². The van der Waals surface area contributed by atoms with Gasteiger partial charge in [-0.1, -0.05) is 6.92 Å². The summed E-state index contributed by atoms with van der Waals surface area (Å²) in [6.07, 6.45) is 2.50. The summed E-state index contributed by atoms with van der Waals surface area (Å²) in [6, 6.07) is 9.89. The molecule has 3 heterocycles. The van der Waals surface area contributed by atoms with Gasteiger partial charge in [-0.3, -0.25) is 9.69 Å². The van der Waals surface area contributed by atoms with E-state index in [2.05, 4.69) is 16.8 Å². The first kappa shape index (κ1) is 17.2. The van der Waals surface area contributed by atoms with Crippen LogP contribution in [0, 0.1) is 5.92 Å². The molecule has 0 aliphatic carbocycles. The van der Waals surface area contributed by atoms with Crippen molar-refractivity contribution in [3.8, 4) is 16.2 Å². The molecule has 0 radical (unpaired) electrons. The minimum Gasteiger partial charge on any atom is -0.497 e. The fourth-order valence-corrected chi connectivity index (χ4v) is 4.60. The Kier molecular flexibility index (Phi) is 4.78. The van der Waals surface area contributed by atoms with E-state index in [0.717, 1.165) is 40.6 Å². The summed E-state index contributed by atoms with van der Waals surface area (Å²) in [5.41, 5.74) is 1.81. The molecule has 3 aromatic rings. The van der Waals surface area contributed by atoms with E-state index >= 15 is 0 Å². The molecule has 4 rings (SSSR count). The van der Waals surface area contributed by atoms with Gasteiger partial charge in [0.1, 0.15) is 16.3 Å². The number of thiophene rings is 1. The Morgan fingerprint density at radius 2 is 2.15 bits per heavy atom. The smallest absolute Gasteiger partial charge is 0.268 e. The molecule has 1 aliphatic heterocycles. The number of aromatic amines is 1. The third kappa shape index (κ3) is 3.52. The van der Waals surface area contributed by atoms with Crippen LogP contribution in [0.15, 0.2) is 35.1 Å².